The predicted molar refractivity (Wildman–Crippen MR) is 93.4 cm³/mol. The molecule has 0 saturated heterocycles. The van der Waals surface area contributed by atoms with E-state index in [2.05, 4.69) is 17.6 Å². The SMILES string of the molecule is C[C@H](NC(=S)NC(=O)C(C)(C)C)C12CC3CC(CC(C3)C1)C2. The lowest BCUT2D eigenvalue weighted by atomic mass is 9.48. The van der Waals surface area contributed by atoms with Crippen LogP contribution in [0.3, 0.4) is 0 Å². The maximum atomic E-state index is 12.1. The maximum absolute atomic E-state index is 12.1. The second kappa shape index (κ2) is 5.47. The average molecular weight is 323 g/mol. The van der Waals surface area contributed by atoms with Crippen LogP contribution < -0.4 is 10.6 Å². The lowest BCUT2D eigenvalue weighted by molar-refractivity contribution is -0.127. The van der Waals surface area contributed by atoms with Crippen LogP contribution in [0.2, 0.25) is 0 Å². The Kier molecular flexibility index (Phi) is 4.03. The maximum Gasteiger partial charge on any atom is 0.231 e. The van der Waals surface area contributed by atoms with Crippen molar-refractivity contribution in [2.24, 2.45) is 28.6 Å². The van der Waals surface area contributed by atoms with E-state index in [4.69, 9.17) is 12.2 Å². The number of hydrogen-bond donors (Lipinski definition) is 2. The quantitative estimate of drug-likeness (QED) is 0.763. The minimum Gasteiger partial charge on any atom is -0.359 e. The first-order valence-electron chi connectivity index (χ1n) is 8.80. The van der Waals surface area contributed by atoms with E-state index in [9.17, 15) is 4.79 Å². The Morgan fingerprint density at radius 3 is 1.95 bits per heavy atom. The van der Waals surface area contributed by atoms with Gasteiger partial charge in [0.1, 0.15) is 0 Å². The van der Waals surface area contributed by atoms with Crippen LogP contribution in [0, 0.1) is 28.6 Å². The third-order valence-corrected chi connectivity index (χ3v) is 6.48. The van der Waals surface area contributed by atoms with Crippen molar-refractivity contribution in [1.29, 1.82) is 0 Å². The van der Waals surface area contributed by atoms with E-state index in [1.165, 1.54) is 38.5 Å². The van der Waals surface area contributed by atoms with Gasteiger partial charge in [0, 0.05) is 11.5 Å². The molecule has 3 nitrogen and oxygen atoms in total. The molecule has 4 fully saturated rings. The summed E-state index contributed by atoms with van der Waals surface area (Å²) in [6, 6.07) is 0.355. The van der Waals surface area contributed by atoms with Crippen molar-refractivity contribution >= 4 is 23.2 Å². The molecule has 0 aromatic carbocycles. The molecule has 0 unspecified atom stereocenters. The summed E-state index contributed by atoms with van der Waals surface area (Å²) in [4.78, 5) is 12.1. The molecule has 4 aliphatic carbocycles. The zero-order chi connectivity index (χ0) is 16.1. The van der Waals surface area contributed by atoms with Crippen molar-refractivity contribution in [2.45, 2.75) is 72.3 Å². The third-order valence-electron chi connectivity index (χ3n) is 6.26. The number of amides is 1. The highest BCUT2D eigenvalue weighted by molar-refractivity contribution is 7.80. The topological polar surface area (TPSA) is 41.1 Å². The van der Waals surface area contributed by atoms with Gasteiger partial charge in [0.05, 0.1) is 0 Å². The van der Waals surface area contributed by atoms with Gasteiger partial charge in [-0.05, 0) is 80.8 Å². The van der Waals surface area contributed by atoms with Crippen LogP contribution in [0.25, 0.3) is 0 Å². The Morgan fingerprint density at radius 1 is 1.09 bits per heavy atom. The highest BCUT2D eigenvalue weighted by Crippen LogP contribution is 2.61. The van der Waals surface area contributed by atoms with Gasteiger partial charge in [-0.15, -0.1) is 0 Å². The van der Waals surface area contributed by atoms with Gasteiger partial charge in [-0.2, -0.15) is 0 Å². The van der Waals surface area contributed by atoms with Gasteiger partial charge in [0.15, 0.2) is 5.11 Å². The predicted octanol–water partition coefficient (Wildman–Crippen LogP) is 3.63. The molecule has 0 spiro atoms. The highest BCUT2D eigenvalue weighted by atomic mass is 32.1. The molecule has 0 aromatic rings. The van der Waals surface area contributed by atoms with E-state index >= 15 is 0 Å². The molecule has 0 aliphatic heterocycles. The summed E-state index contributed by atoms with van der Waals surface area (Å²) in [5, 5.41) is 6.81. The Hall–Kier alpha value is -0.640. The van der Waals surface area contributed by atoms with Crippen molar-refractivity contribution in [3.63, 3.8) is 0 Å². The van der Waals surface area contributed by atoms with Gasteiger partial charge in [-0.1, -0.05) is 20.8 Å². The van der Waals surface area contributed by atoms with Crippen molar-refractivity contribution in [2.75, 3.05) is 0 Å². The second-order valence-corrected chi connectivity index (χ2v) is 9.59. The molecule has 1 amide bonds. The number of thiocarbonyl (C=S) groups is 1. The summed E-state index contributed by atoms with van der Waals surface area (Å²) < 4.78 is 0. The van der Waals surface area contributed by atoms with Crippen LogP contribution >= 0.6 is 12.2 Å². The summed E-state index contributed by atoms with van der Waals surface area (Å²) >= 11 is 5.39. The molecule has 4 heteroatoms. The molecule has 124 valence electrons. The standard InChI is InChI=1S/C18H30N2OS/c1-11(19-16(22)20-15(21)17(2,3)4)18-8-12-5-13(9-18)7-14(6-12)10-18/h11-14H,5-10H2,1-4H3,(H2,19,20,21,22)/t11-,12?,13?,14?,18?/m0/s1. The molecule has 1 atom stereocenters. The second-order valence-electron chi connectivity index (χ2n) is 9.18. The monoisotopic (exact) mass is 322 g/mol. The zero-order valence-corrected chi connectivity index (χ0v) is 15.2. The van der Waals surface area contributed by atoms with Crippen molar-refractivity contribution in [1.82, 2.24) is 10.6 Å². The molecular formula is C18H30N2OS. The van der Waals surface area contributed by atoms with E-state index in [0.29, 0.717) is 16.6 Å². The summed E-state index contributed by atoms with van der Waals surface area (Å²) in [6.07, 6.45) is 8.42. The number of carbonyl (C=O) groups is 1. The van der Waals surface area contributed by atoms with E-state index in [-0.39, 0.29) is 5.91 Å². The Labute approximate surface area is 140 Å². The summed E-state index contributed by atoms with van der Waals surface area (Å²) in [6.45, 7) is 8.00. The van der Waals surface area contributed by atoms with E-state index in [1.54, 1.807) is 0 Å². The molecule has 4 saturated carbocycles. The van der Waals surface area contributed by atoms with Gasteiger partial charge in [0.2, 0.25) is 5.91 Å². The molecule has 0 heterocycles. The van der Waals surface area contributed by atoms with E-state index in [0.717, 1.165) is 17.8 Å². The van der Waals surface area contributed by atoms with Crippen LogP contribution in [0.15, 0.2) is 0 Å². The molecule has 0 radical (unpaired) electrons. The summed E-state index contributed by atoms with van der Waals surface area (Å²) in [7, 11) is 0. The third kappa shape index (κ3) is 3.04. The molecule has 4 rings (SSSR count). The number of hydrogen-bond acceptors (Lipinski definition) is 2. The first-order valence-corrected chi connectivity index (χ1v) is 9.21. The largest absolute Gasteiger partial charge is 0.359 e. The van der Waals surface area contributed by atoms with Gasteiger partial charge in [-0.25, -0.2) is 0 Å². The first-order chi connectivity index (χ1) is 10.2. The van der Waals surface area contributed by atoms with Gasteiger partial charge in [0.25, 0.3) is 0 Å². The molecule has 4 aliphatic rings. The van der Waals surface area contributed by atoms with Crippen molar-refractivity contribution in [3.8, 4) is 0 Å². The highest BCUT2D eigenvalue weighted by Gasteiger charge is 2.53. The average Bonchev–Trinajstić information content (AvgIpc) is 2.35. The molecule has 22 heavy (non-hydrogen) atoms. The molecule has 0 aromatic heterocycles. The lowest BCUT2D eigenvalue weighted by Gasteiger charge is -2.59. The van der Waals surface area contributed by atoms with Crippen LogP contribution in [0.4, 0.5) is 0 Å². The fraction of sp³-hybridized carbons (Fsp3) is 0.889. The van der Waals surface area contributed by atoms with Gasteiger partial charge < -0.3 is 10.6 Å². The smallest absolute Gasteiger partial charge is 0.231 e. The van der Waals surface area contributed by atoms with Gasteiger partial charge in [-0.3, -0.25) is 4.79 Å². The Balaban J connectivity index is 1.61. The fourth-order valence-corrected chi connectivity index (χ4v) is 5.65. The van der Waals surface area contributed by atoms with Crippen LogP contribution in [-0.4, -0.2) is 17.1 Å². The van der Waals surface area contributed by atoms with E-state index in [1.807, 2.05) is 20.8 Å². The van der Waals surface area contributed by atoms with Crippen LogP contribution in [-0.2, 0) is 4.79 Å². The van der Waals surface area contributed by atoms with Crippen molar-refractivity contribution in [3.05, 3.63) is 0 Å². The van der Waals surface area contributed by atoms with Crippen molar-refractivity contribution < 1.29 is 4.79 Å². The molecule has 2 N–H and O–H groups in total. The Bertz CT molecular complexity index is 445. The van der Waals surface area contributed by atoms with E-state index < -0.39 is 5.41 Å². The number of carbonyl (C=O) groups excluding carboxylic acids is 1. The van der Waals surface area contributed by atoms with Crippen LogP contribution in [0.1, 0.15) is 66.2 Å². The first kappa shape index (κ1) is 16.2. The minimum absolute atomic E-state index is 0.0114. The summed E-state index contributed by atoms with van der Waals surface area (Å²) in [5.41, 5.74) is 0.000927. The molecule has 4 bridgehead atoms. The van der Waals surface area contributed by atoms with Gasteiger partial charge >= 0.3 is 0 Å². The zero-order valence-electron chi connectivity index (χ0n) is 14.4. The Morgan fingerprint density at radius 2 is 1.55 bits per heavy atom. The summed E-state index contributed by atoms with van der Waals surface area (Å²) in [5.74, 6) is 2.80. The number of nitrogens with one attached hydrogen (secondary N) is 2. The molecular weight excluding hydrogens is 292 g/mol. The van der Waals surface area contributed by atoms with Crippen LogP contribution in [0.5, 0.6) is 0 Å². The number of rotatable bonds is 2. The minimum atomic E-state index is -0.407. The lowest BCUT2D eigenvalue weighted by Crippen LogP contribution is -2.57. The normalized spacial score (nSPS) is 37.7. The fourth-order valence-electron chi connectivity index (χ4n) is 5.38.